The van der Waals surface area contributed by atoms with Crippen molar-refractivity contribution in [3.63, 3.8) is 0 Å². The molecule has 1 aromatic carbocycles. The van der Waals surface area contributed by atoms with Crippen molar-refractivity contribution in [1.82, 2.24) is 25.2 Å². The van der Waals surface area contributed by atoms with Crippen LogP contribution < -0.4 is 0 Å². The molecule has 8 heteroatoms. The lowest BCUT2D eigenvalue weighted by Gasteiger charge is -2.14. The third-order valence-electron chi connectivity index (χ3n) is 4.08. The van der Waals surface area contributed by atoms with E-state index in [1.165, 1.54) is 0 Å². The summed E-state index contributed by atoms with van der Waals surface area (Å²) in [7, 11) is 1.71. The van der Waals surface area contributed by atoms with Crippen molar-refractivity contribution in [2.24, 2.45) is 0 Å². The van der Waals surface area contributed by atoms with Crippen molar-refractivity contribution in [2.45, 2.75) is 46.1 Å². The monoisotopic (exact) mass is 369 g/mol. The molecule has 0 atom stereocenters. The predicted molar refractivity (Wildman–Crippen MR) is 97.7 cm³/mol. The molecule has 0 saturated heterocycles. The molecule has 0 spiro atoms. The van der Waals surface area contributed by atoms with Crippen molar-refractivity contribution in [3.8, 4) is 11.4 Å². The first kappa shape index (κ1) is 18.8. The molecular formula is C19H23N5O3. The summed E-state index contributed by atoms with van der Waals surface area (Å²) in [5.41, 5.74) is 2.02. The molecular weight excluding hydrogens is 346 g/mol. The summed E-state index contributed by atoms with van der Waals surface area (Å²) < 4.78 is 10.4. The average Bonchev–Trinajstić information content (AvgIpc) is 3.29. The highest BCUT2D eigenvalue weighted by molar-refractivity contribution is 5.75. The molecule has 0 aliphatic heterocycles. The molecule has 3 rings (SSSR count). The van der Waals surface area contributed by atoms with Crippen LogP contribution in [-0.4, -0.2) is 38.1 Å². The number of hydrogen-bond donors (Lipinski definition) is 0. The molecule has 0 unspecified atom stereocenters. The quantitative estimate of drug-likeness (QED) is 0.631. The third-order valence-corrected chi connectivity index (χ3v) is 4.08. The number of amides is 1. The highest BCUT2D eigenvalue weighted by Gasteiger charge is 2.16. The van der Waals surface area contributed by atoms with Crippen LogP contribution in [0.15, 0.2) is 33.3 Å². The molecule has 8 nitrogen and oxygen atoms in total. The second-order valence-corrected chi connectivity index (χ2v) is 6.83. The van der Waals surface area contributed by atoms with Crippen LogP contribution >= 0.6 is 0 Å². The topological polar surface area (TPSA) is 98.2 Å². The first-order valence-corrected chi connectivity index (χ1v) is 8.88. The Balaban J connectivity index is 1.54. The molecule has 27 heavy (non-hydrogen) atoms. The number of carbonyl (C=O) groups is 1. The van der Waals surface area contributed by atoms with Crippen molar-refractivity contribution in [2.75, 3.05) is 7.05 Å². The van der Waals surface area contributed by atoms with E-state index in [9.17, 15) is 4.79 Å². The Kier molecular flexibility index (Phi) is 5.63. The summed E-state index contributed by atoms with van der Waals surface area (Å²) in [6.07, 6.45) is 0.645. The molecule has 2 aromatic heterocycles. The van der Waals surface area contributed by atoms with Gasteiger partial charge in [0.25, 0.3) is 0 Å². The van der Waals surface area contributed by atoms with Crippen molar-refractivity contribution in [1.29, 1.82) is 0 Å². The van der Waals surface area contributed by atoms with Crippen LogP contribution in [0, 0.1) is 6.92 Å². The third kappa shape index (κ3) is 4.78. The van der Waals surface area contributed by atoms with Crippen LogP contribution in [0.25, 0.3) is 11.4 Å². The number of aromatic nitrogens is 4. The van der Waals surface area contributed by atoms with E-state index in [0.29, 0.717) is 36.4 Å². The standard InChI is InChI=1S/C19H23N5O3/c1-12(2)19-20-15(22-27-19)11-24(4)17(25)9-8-16-21-18(23-26-16)14-7-5-6-13(3)10-14/h5-7,10,12H,8-9,11H2,1-4H3. The largest absolute Gasteiger partial charge is 0.339 e. The zero-order valence-corrected chi connectivity index (χ0v) is 16.0. The molecule has 0 saturated carbocycles. The number of nitrogens with zero attached hydrogens (tertiary/aromatic N) is 5. The molecule has 0 aliphatic carbocycles. The van der Waals surface area contributed by atoms with E-state index in [-0.39, 0.29) is 18.2 Å². The molecule has 0 fully saturated rings. The minimum atomic E-state index is -0.0544. The van der Waals surface area contributed by atoms with Gasteiger partial charge in [0.1, 0.15) is 0 Å². The fourth-order valence-electron chi connectivity index (χ4n) is 2.53. The van der Waals surface area contributed by atoms with Gasteiger partial charge in [-0.15, -0.1) is 0 Å². The van der Waals surface area contributed by atoms with Crippen LogP contribution in [0.2, 0.25) is 0 Å². The fourth-order valence-corrected chi connectivity index (χ4v) is 2.53. The van der Waals surface area contributed by atoms with E-state index in [2.05, 4.69) is 20.3 Å². The van der Waals surface area contributed by atoms with E-state index >= 15 is 0 Å². The van der Waals surface area contributed by atoms with Crippen molar-refractivity contribution >= 4 is 5.91 Å². The number of rotatable bonds is 7. The summed E-state index contributed by atoms with van der Waals surface area (Å²) in [5, 5.41) is 7.90. The van der Waals surface area contributed by atoms with Gasteiger partial charge in [-0.3, -0.25) is 4.79 Å². The Morgan fingerprint density at radius 3 is 2.70 bits per heavy atom. The second-order valence-electron chi connectivity index (χ2n) is 6.83. The van der Waals surface area contributed by atoms with E-state index in [1.807, 2.05) is 45.0 Å². The zero-order valence-electron chi connectivity index (χ0n) is 16.0. The van der Waals surface area contributed by atoms with Gasteiger partial charge in [0.05, 0.1) is 6.54 Å². The maximum atomic E-state index is 12.3. The zero-order chi connectivity index (χ0) is 19.4. The first-order valence-electron chi connectivity index (χ1n) is 8.88. The van der Waals surface area contributed by atoms with Gasteiger partial charge >= 0.3 is 0 Å². The van der Waals surface area contributed by atoms with E-state index in [1.54, 1.807) is 11.9 Å². The van der Waals surface area contributed by atoms with E-state index in [0.717, 1.165) is 11.1 Å². The van der Waals surface area contributed by atoms with Crippen LogP contribution in [-0.2, 0) is 17.8 Å². The summed E-state index contributed by atoms with van der Waals surface area (Å²) in [6.45, 7) is 6.25. The highest BCUT2D eigenvalue weighted by Crippen LogP contribution is 2.17. The van der Waals surface area contributed by atoms with Gasteiger partial charge in [0.15, 0.2) is 5.82 Å². The van der Waals surface area contributed by atoms with Gasteiger partial charge in [-0.05, 0) is 13.0 Å². The summed E-state index contributed by atoms with van der Waals surface area (Å²) in [5.74, 6) is 2.14. The molecule has 1 amide bonds. The Morgan fingerprint density at radius 1 is 1.19 bits per heavy atom. The lowest BCUT2D eigenvalue weighted by Crippen LogP contribution is -2.27. The van der Waals surface area contributed by atoms with Gasteiger partial charge in [0.2, 0.25) is 23.5 Å². The van der Waals surface area contributed by atoms with Gasteiger partial charge in [-0.2, -0.15) is 9.97 Å². The van der Waals surface area contributed by atoms with E-state index < -0.39 is 0 Å². The molecule has 0 aliphatic rings. The predicted octanol–water partition coefficient (Wildman–Crippen LogP) is 3.14. The Morgan fingerprint density at radius 2 is 2.00 bits per heavy atom. The number of benzene rings is 1. The smallest absolute Gasteiger partial charge is 0.229 e. The summed E-state index contributed by atoms with van der Waals surface area (Å²) in [4.78, 5) is 22.5. The molecule has 142 valence electrons. The Bertz CT molecular complexity index is 915. The minimum Gasteiger partial charge on any atom is -0.339 e. The average molecular weight is 369 g/mol. The number of carbonyl (C=O) groups excluding carboxylic acids is 1. The lowest BCUT2D eigenvalue weighted by atomic mass is 10.1. The van der Waals surface area contributed by atoms with Gasteiger partial charge in [-0.25, -0.2) is 0 Å². The summed E-state index contributed by atoms with van der Waals surface area (Å²) >= 11 is 0. The van der Waals surface area contributed by atoms with Crippen molar-refractivity contribution < 1.29 is 13.8 Å². The van der Waals surface area contributed by atoms with Crippen LogP contribution in [0.4, 0.5) is 0 Å². The number of aryl methyl sites for hydroxylation is 2. The molecule has 0 bridgehead atoms. The Labute approximate surface area is 157 Å². The van der Waals surface area contributed by atoms with Crippen LogP contribution in [0.3, 0.4) is 0 Å². The lowest BCUT2D eigenvalue weighted by molar-refractivity contribution is -0.130. The van der Waals surface area contributed by atoms with Gasteiger partial charge < -0.3 is 13.9 Å². The van der Waals surface area contributed by atoms with Gasteiger partial charge in [-0.1, -0.05) is 47.9 Å². The van der Waals surface area contributed by atoms with Crippen LogP contribution in [0.5, 0.6) is 0 Å². The molecule has 2 heterocycles. The normalized spacial score (nSPS) is 11.1. The van der Waals surface area contributed by atoms with Gasteiger partial charge in [0, 0.05) is 31.4 Å². The highest BCUT2D eigenvalue weighted by atomic mass is 16.5. The summed E-state index contributed by atoms with van der Waals surface area (Å²) in [6, 6.07) is 7.87. The second kappa shape index (κ2) is 8.11. The molecule has 3 aromatic rings. The Hall–Kier alpha value is -3.03. The maximum Gasteiger partial charge on any atom is 0.229 e. The fraction of sp³-hybridized carbons (Fsp3) is 0.421. The molecule has 0 radical (unpaired) electrons. The number of hydrogen-bond acceptors (Lipinski definition) is 7. The molecule has 0 N–H and O–H groups in total. The minimum absolute atomic E-state index is 0.0544. The van der Waals surface area contributed by atoms with Crippen molar-refractivity contribution in [3.05, 3.63) is 47.4 Å². The SMILES string of the molecule is Cc1cccc(-c2noc(CCC(=O)N(C)Cc3noc(C(C)C)n3)n2)c1. The van der Waals surface area contributed by atoms with E-state index in [4.69, 9.17) is 9.05 Å². The first-order chi connectivity index (χ1) is 12.9. The van der Waals surface area contributed by atoms with Crippen LogP contribution in [0.1, 0.15) is 49.4 Å². The maximum absolute atomic E-state index is 12.3.